The van der Waals surface area contributed by atoms with Crippen LogP contribution in [0.3, 0.4) is 0 Å². The molecule has 94 valence electrons. The minimum Gasteiger partial charge on any atom is -0.325 e. The van der Waals surface area contributed by atoms with E-state index in [1.54, 1.807) is 23.6 Å². The van der Waals surface area contributed by atoms with Gasteiger partial charge in [0.25, 0.3) is 0 Å². The van der Waals surface area contributed by atoms with E-state index in [2.05, 4.69) is 4.98 Å². The molecule has 0 aliphatic rings. The minimum absolute atomic E-state index is 0.0515. The lowest BCUT2D eigenvalue weighted by Gasteiger charge is -2.01. The Balaban J connectivity index is 2.13. The number of carbonyl (C=O) groups excluding carboxylic acids is 1. The maximum Gasteiger partial charge on any atom is 0.186 e. The van der Waals surface area contributed by atoms with E-state index in [4.69, 9.17) is 28.9 Å². The van der Waals surface area contributed by atoms with Gasteiger partial charge in [0.15, 0.2) is 5.78 Å². The Bertz CT molecular complexity index is 583. The lowest BCUT2D eigenvalue weighted by molar-refractivity contribution is 0.0988. The van der Waals surface area contributed by atoms with E-state index in [9.17, 15) is 4.79 Å². The summed E-state index contributed by atoms with van der Waals surface area (Å²) in [5, 5.41) is 3.41. The number of nitrogens with two attached hydrogens (primary N) is 1. The third-order valence-corrected chi connectivity index (χ3v) is 3.97. The van der Waals surface area contributed by atoms with Crippen LogP contribution in [-0.4, -0.2) is 10.8 Å². The fraction of sp³-hybridized carbons (Fsp3) is 0.167. The van der Waals surface area contributed by atoms with Gasteiger partial charge in [-0.3, -0.25) is 4.79 Å². The van der Waals surface area contributed by atoms with Gasteiger partial charge in [-0.1, -0.05) is 29.3 Å². The smallest absolute Gasteiger partial charge is 0.186 e. The van der Waals surface area contributed by atoms with E-state index in [0.717, 1.165) is 10.6 Å². The van der Waals surface area contributed by atoms with Gasteiger partial charge >= 0.3 is 0 Å². The second-order valence-electron chi connectivity index (χ2n) is 3.68. The third kappa shape index (κ3) is 3.09. The monoisotopic (exact) mass is 300 g/mol. The number of thiazole rings is 1. The molecule has 0 saturated heterocycles. The van der Waals surface area contributed by atoms with Crippen LogP contribution in [-0.2, 0) is 13.0 Å². The summed E-state index contributed by atoms with van der Waals surface area (Å²) in [5.74, 6) is -0.0515. The van der Waals surface area contributed by atoms with Crippen LogP contribution in [0, 0.1) is 0 Å². The quantitative estimate of drug-likeness (QED) is 0.881. The number of ketones is 1. The molecular formula is C12H10Cl2N2OS. The van der Waals surface area contributed by atoms with Crippen molar-refractivity contribution in [2.24, 2.45) is 5.73 Å². The van der Waals surface area contributed by atoms with Crippen LogP contribution >= 0.6 is 34.5 Å². The molecule has 0 unspecified atom stereocenters. The maximum atomic E-state index is 12.0. The summed E-state index contributed by atoms with van der Waals surface area (Å²) in [4.78, 5) is 16.1. The number of Topliss-reactive ketones (excluding diaryl/α,β-unsaturated/α-hetero) is 1. The van der Waals surface area contributed by atoms with Crippen LogP contribution in [0.1, 0.15) is 21.1 Å². The van der Waals surface area contributed by atoms with Crippen LogP contribution in [0.2, 0.25) is 10.0 Å². The largest absolute Gasteiger partial charge is 0.325 e. The van der Waals surface area contributed by atoms with Gasteiger partial charge in [0.2, 0.25) is 0 Å². The Kier molecular flexibility index (Phi) is 4.35. The Morgan fingerprint density at radius 2 is 2.11 bits per heavy atom. The van der Waals surface area contributed by atoms with Gasteiger partial charge < -0.3 is 5.73 Å². The minimum atomic E-state index is -0.0515. The molecule has 0 radical (unpaired) electrons. The summed E-state index contributed by atoms with van der Waals surface area (Å²) in [5.41, 5.74) is 6.72. The summed E-state index contributed by atoms with van der Waals surface area (Å²) in [7, 11) is 0. The Morgan fingerprint density at radius 1 is 1.33 bits per heavy atom. The number of aromatic nitrogens is 1. The molecule has 0 aliphatic heterocycles. The van der Waals surface area contributed by atoms with Gasteiger partial charge in [0.05, 0.1) is 10.0 Å². The van der Waals surface area contributed by atoms with Crippen molar-refractivity contribution < 1.29 is 4.79 Å². The number of hydrogen-bond donors (Lipinski definition) is 1. The van der Waals surface area contributed by atoms with Crippen LogP contribution in [0.15, 0.2) is 23.6 Å². The van der Waals surface area contributed by atoms with Crippen molar-refractivity contribution in [1.29, 1.82) is 0 Å². The van der Waals surface area contributed by atoms with Crippen molar-refractivity contribution in [3.63, 3.8) is 0 Å². The van der Waals surface area contributed by atoms with E-state index >= 15 is 0 Å². The number of halogens is 2. The molecule has 1 heterocycles. The molecule has 0 fully saturated rings. The number of carbonyl (C=O) groups is 1. The highest BCUT2D eigenvalue weighted by Gasteiger charge is 2.11. The normalized spacial score (nSPS) is 10.6. The van der Waals surface area contributed by atoms with Crippen molar-refractivity contribution >= 4 is 40.3 Å². The van der Waals surface area contributed by atoms with Gasteiger partial charge in [-0.25, -0.2) is 4.98 Å². The number of rotatable bonds is 4. The molecule has 0 aliphatic carbocycles. The van der Waals surface area contributed by atoms with E-state index in [1.807, 2.05) is 0 Å². The fourth-order valence-corrected chi connectivity index (χ4v) is 2.46. The molecule has 2 N–H and O–H groups in total. The molecule has 18 heavy (non-hydrogen) atoms. The van der Waals surface area contributed by atoms with Gasteiger partial charge in [0, 0.05) is 18.3 Å². The predicted octanol–water partition coefficient (Wildman–Crippen LogP) is 3.33. The van der Waals surface area contributed by atoms with Gasteiger partial charge in [-0.05, 0) is 17.7 Å². The van der Waals surface area contributed by atoms with Crippen molar-refractivity contribution in [1.82, 2.24) is 4.98 Å². The lowest BCUT2D eigenvalue weighted by atomic mass is 10.1. The molecule has 0 saturated carbocycles. The highest BCUT2D eigenvalue weighted by Crippen LogP contribution is 2.23. The van der Waals surface area contributed by atoms with Crippen molar-refractivity contribution in [3.8, 4) is 0 Å². The van der Waals surface area contributed by atoms with Crippen LogP contribution in [0.5, 0.6) is 0 Å². The molecule has 0 spiro atoms. The first kappa shape index (κ1) is 13.5. The predicted molar refractivity (Wildman–Crippen MR) is 74.5 cm³/mol. The summed E-state index contributed by atoms with van der Waals surface area (Å²) < 4.78 is 0. The van der Waals surface area contributed by atoms with Gasteiger partial charge in [-0.15, -0.1) is 11.3 Å². The SMILES string of the molecule is NCc1nc(C(=O)Cc2ccc(Cl)c(Cl)c2)cs1. The summed E-state index contributed by atoms with van der Waals surface area (Å²) in [6.07, 6.45) is 0.255. The first-order chi connectivity index (χ1) is 8.60. The molecule has 3 nitrogen and oxygen atoms in total. The third-order valence-electron chi connectivity index (χ3n) is 2.36. The molecule has 1 aromatic heterocycles. The van der Waals surface area contributed by atoms with Crippen LogP contribution in [0.25, 0.3) is 0 Å². The standard InChI is InChI=1S/C12H10Cl2N2OS/c13-8-2-1-7(3-9(8)14)4-11(17)10-6-18-12(5-15)16-10/h1-3,6H,4-5,15H2. The second kappa shape index (κ2) is 5.80. The molecule has 2 aromatic rings. The van der Waals surface area contributed by atoms with Gasteiger partial charge in [-0.2, -0.15) is 0 Å². The van der Waals surface area contributed by atoms with E-state index in [0.29, 0.717) is 22.3 Å². The molecule has 6 heteroatoms. The summed E-state index contributed by atoms with van der Waals surface area (Å²) in [6, 6.07) is 5.15. The Labute approximate surface area is 119 Å². The zero-order valence-corrected chi connectivity index (χ0v) is 11.6. The Morgan fingerprint density at radius 3 is 2.72 bits per heavy atom. The van der Waals surface area contributed by atoms with Crippen molar-refractivity contribution in [2.75, 3.05) is 0 Å². The average molecular weight is 301 g/mol. The van der Waals surface area contributed by atoms with E-state index in [1.165, 1.54) is 11.3 Å². The first-order valence-corrected chi connectivity index (χ1v) is 6.85. The summed E-state index contributed by atoms with van der Waals surface area (Å²) in [6.45, 7) is 0.352. The average Bonchev–Trinajstić information content (AvgIpc) is 2.82. The number of benzene rings is 1. The molecule has 2 rings (SSSR count). The molecule has 1 aromatic carbocycles. The lowest BCUT2D eigenvalue weighted by Crippen LogP contribution is -2.05. The number of hydrogen-bond acceptors (Lipinski definition) is 4. The first-order valence-electron chi connectivity index (χ1n) is 5.21. The van der Waals surface area contributed by atoms with Gasteiger partial charge in [0.1, 0.15) is 10.7 Å². The summed E-state index contributed by atoms with van der Waals surface area (Å²) >= 11 is 13.1. The van der Waals surface area contributed by atoms with Crippen LogP contribution in [0.4, 0.5) is 0 Å². The molecule has 0 amide bonds. The molecule has 0 bridgehead atoms. The highest BCUT2D eigenvalue weighted by atomic mass is 35.5. The van der Waals surface area contributed by atoms with E-state index in [-0.39, 0.29) is 12.2 Å². The number of nitrogens with zero attached hydrogens (tertiary/aromatic N) is 1. The van der Waals surface area contributed by atoms with Crippen molar-refractivity contribution in [3.05, 3.63) is 49.9 Å². The second-order valence-corrected chi connectivity index (χ2v) is 5.44. The zero-order chi connectivity index (χ0) is 13.1. The highest BCUT2D eigenvalue weighted by molar-refractivity contribution is 7.09. The molecule has 0 atom stereocenters. The van der Waals surface area contributed by atoms with Crippen LogP contribution < -0.4 is 5.73 Å². The maximum absolute atomic E-state index is 12.0. The fourth-order valence-electron chi connectivity index (χ4n) is 1.46. The van der Waals surface area contributed by atoms with E-state index < -0.39 is 0 Å². The zero-order valence-electron chi connectivity index (χ0n) is 9.32. The topological polar surface area (TPSA) is 56.0 Å². The van der Waals surface area contributed by atoms with Crippen molar-refractivity contribution in [2.45, 2.75) is 13.0 Å². The molecular weight excluding hydrogens is 291 g/mol. The Hall–Kier alpha value is -0.940.